The summed E-state index contributed by atoms with van der Waals surface area (Å²) in [6, 6.07) is 9.58. The molecule has 1 heterocycles. The van der Waals surface area contributed by atoms with Crippen molar-refractivity contribution in [2.24, 2.45) is 5.92 Å². The van der Waals surface area contributed by atoms with Crippen LogP contribution in [0.2, 0.25) is 0 Å². The van der Waals surface area contributed by atoms with E-state index in [1.165, 1.54) is 0 Å². The maximum absolute atomic E-state index is 11.7. The van der Waals surface area contributed by atoms with Crippen molar-refractivity contribution in [2.45, 2.75) is 6.42 Å². The van der Waals surface area contributed by atoms with Crippen LogP contribution in [0, 0.1) is 5.92 Å². The molecule has 1 fully saturated rings. The van der Waals surface area contributed by atoms with E-state index in [4.69, 9.17) is 0 Å². The molecule has 0 aliphatic carbocycles. The molecule has 2 rings (SSSR count). The quantitative estimate of drug-likeness (QED) is 0.736. The molecule has 0 unspecified atom stereocenters. The van der Waals surface area contributed by atoms with E-state index in [1.54, 1.807) is 0 Å². The lowest BCUT2D eigenvalue weighted by Crippen LogP contribution is -2.24. The molecule has 0 radical (unpaired) electrons. The van der Waals surface area contributed by atoms with Crippen molar-refractivity contribution in [3.63, 3.8) is 0 Å². The van der Waals surface area contributed by atoms with Gasteiger partial charge in [-0.15, -0.1) is 0 Å². The molecule has 14 heavy (non-hydrogen) atoms. The van der Waals surface area contributed by atoms with Crippen LogP contribution in [-0.2, 0) is 4.79 Å². The van der Waals surface area contributed by atoms with Gasteiger partial charge in [0.15, 0.2) is 0 Å². The minimum Gasteiger partial charge on any atom is -0.326 e. The highest BCUT2D eigenvalue weighted by Gasteiger charge is 2.21. The summed E-state index contributed by atoms with van der Waals surface area (Å²) in [5.74, 6) is 0.261. The van der Waals surface area contributed by atoms with Gasteiger partial charge in [-0.2, -0.15) is 0 Å². The molecule has 1 amide bonds. The first-order chi connectivity index (χ1) is 6.86. The molecule has 1 saturated heterocycles. The topological polar surface area (TPSA) is 41.1 Å². The van der Waals surface area contributed by atoms with Crippen LogP contribution < -0.4 is 10.6 Å². The van der Waals surface area contributed by atoms with Crippen molar-refractivity contribution in [1.82, 2.24) is 5.32 Å². The minimum absolute atomic E-state index is 0.126. The lowest BCUT2D eigenvalue weighted by atomic mass is 10.1. The van der Waals surface area contributed by atoms with Gasteiger partial charge in [-0.3, -0.25) is 4.79 Å². The van der Waals surface area contributed by atoms with Crippen LogP contribution in [0.4, 0.5) is 5.69 Å². The van der Waals surface area contributed by atoms with E-state index in [-0.39, 0.29) is 11.8 Å². The fraction of sp³-hybridized carbons (Fsp3) is 0.364. The van der Waals surface area contributed by atoms with Crippen molar-refractivity contribution in [1.29, 1.82) is 0 Å². The molecule has 3 heteroatoms. The van der Waals surface area contributed by atoms with Gasteiger partial charge in [-0.05, 0) is 25.1 Å². The van der Waals surface area contributed by atoms with Gasteiger partial charge >= 0.3 is 0 Å². The zero-order valence-electron chi connectivity index (χ0n) is 7.99. The molecule has 74 valence electrons. The first-order valence-corrected chi connectivity index (χ1v) is 4.93. The summed E-state index contributed by atoms with van der Waals surface area (Å²) in [5, 5.41) is 6.08. The third-order valence-corrected chi connectivity index (χ3v) is 2.47. The first-order valence-electron chi connectivity index (χ1n) is 4.93. The number of nitrogens with one attached hydrogen (secondary N) is 2. The molecular weight excluding hydrogens is 176 g/mol. The van der Waals surface area contributed by atoms with E-state index in [0.717, 1.165) is 25.2 Å². The second kappa shape index (κ2) is 4.24. The van der Waals surface area contributed by atoms with Crippen molar-refractivity contribution in [3.05, 3.63) is 30.3 Å². The van der Waals surface area contributed by atoms with Crippen LogP contribution in [-0.4, -0.2) is 19.0 Å². The molecule has 2 N–H and O–H groups in total. The first kappa shape index (κ1) is 9.21. The Labute approximate surface area is 83.5 Å². The van der Waals surface area contributed by atoms with Crippen molar-refractivity contribution in [2.75, 3.05) is 18.4 Å². The number of carbonyl (C=O) groups is 1. The Hall–Kier alpha value is -1.35. The standard InChI is InChI=1S/C11H14N2O/c14-11(9-6-7-12-8-9)13-10-4-2-1-3-5-10/h1-5,9,12H,6-8H2,(H,13,14)/t9-/m0/s1. The molecule has 0 aromatic heterocycles. The van der Waals surface area contributed by atoms with E-state index in [2.05, 4.69) is 10.6 Å². The molecule has 3 nitrogen and oxygen atoms in total. The summed E-state index contributed by atoms with van der Waals surface area (Å²) < 4.78 is 0. The molecule has 0 saturated carbocycles. The normalized spacial score (nSPS) is 20.7. The van der Waals surface area contributed by atoms with Gasteiger partial charge in [0.1, 0.15) is 0 Å². The number of para-hydroxylation sites is 1. The monoisotopic (exact) mass is 190 g/mol. The third-order valence-electron chi connectivity index (χ3n) is 2.47. The van der Waals surface area contributed by atoms with Gasteiger partial charge in [0.25, 0.3) is 0 Å². The largest absolute Gasteiger partial charge is 0.326 e. The average molecular weight is 190 g/mol. The Morgan fingerprint density at radius 3 is 2.79 bits per heavy atom. The molecule has 1 atom stereocenters. The molecule has 1 aromatic rings. The fourth-order valence-corrected chi connectivity index (χ4v) is 1.64. The second-order valence-electron chi connectivity index (χ2n) is 3.54. The van der Waals surface area contributed by atoms with E-state index in [9.17, 15) is 4.79 Å². The van der Waals surface area contributed by atoms with Crippen molar-refractivity contribution in [3.8, 4) is 0 Å². The van der Waals surface area contributed by atoms with Crippen LogP contribution in [0.15, 0.2) is 30.3 Å². The number of anilines is 1. The van der Waals surface area contributed by atoms with Gasteiger partial charge in [0, 0.05) is 12.2 Å². The van der Waals surface area contributed by atoms with Crippen LogP contribution >= 0.6 is 0 Å². The molecule has 1 aliphatic rings. The van der Waals surface area contributed by atoms with E-state index in [0.29, 0.717) is 0 Å². The Bertz CT molecular complexity index is 304. The van der Waals surface area contributed by atoms with Crippen LogP contribution in [0.3, 0.4) is 0 Å². The highest BCUT2D eigenvalue weighted by molar-refractivity contribution is 5.92. The molecule has 1 aliphatic heterocycles. The van der Waals surface area contributed by atoms with Gasteiger partial charge in [0.2, 0.25) is 5.91 Å². The van der Waals surface area contributed by atoms with Gasteiger partial charge < -0.3 is 10.6 Å². The number of hydrogen-bond donors (Lipinski definition) is 2. The maximum Gasteiger partial charge on any atom is 0.228 e. The maximum atomic E-state index is 11.7. The average Bonchev–Trinajstić information content (AvgIpc) is 2.72. The summed E-state index contributed by atoms with van der Waals surface area (Å²) in [6.07, 6.45) is 0.943. The number of hydrogen-bond acceptors (Lipinski definition) is 2. The van der Waals surface area contributed by atoms with Crippen molar-refractivity contribution < 1.29 is 4.79 Å². The lowest BCUT2D eigenvalue weighted by molar-refractivity contribution is -0.119. The van der Waals surface area contributed by atoms with Crippen molar-refractivity contribution >= 4 is 11.6 Å². The summed E-state index contributed by atoms with van der Waals surface area (Å²) in [7, 11) is 0. The highest BCUT2D eigenvalue weighted by atomic mass is 16.1. The Kier molecular flexibility index (Phi) is 2.79. The lowest BCUT2D eigenvalue weighted by Gasteiger charge is -2.09. The van der Waals surface area contributed by atoms with Crippen LogP contribution in [0.25, 0.3) is 0 Å². The second-order valence-corrected chi connectivity index (χ2v) is 3.54. The molecule has 1 aromatic carbocycles. The number of carbonyl (C=O) groups excluding carboxylic acids is 1. The fourth-order valence-electron chi connectivity index (χ4n) is 1.64. The minimum atomic E-state index is 0.126. The van der Waals surface area contributed by atoms with Crippen LogP contribution in [0.1, 0.15) is 6.42 Å². The molecule has 0 bridgehead atoms. The predicted octanol–water partition coefficient (Wildman–Crippen LogP) is 1.23. The Morgan fingerprint density at radius 1 is 1.36 bits per heavy atom. The Balaban J connectivity index is 1.94. The smallest absolute Gasteiger partial charge is 0.228 e. The zero-order valence-corrected chi connectivity index (χ0v) is 7.99. The summed E-state index contributed by atoms with van der Waals surface area (Å²) in [5.41, 5.74) is 0.879. The summed E-state index contributed by atoms with van der Waals surface area (Å²) in [6.45, 7) is 1.76. The number of amides is 1. The predicted molar refractivity (Wildman–Crippen MR) is 56.0 cm³/mol. The third kappa shape index (κ3) is 2.12. The van der Waals surface area contributed by atoms with Gasteiger partial charge in [-0.1, -0.05) is 18.2 Å². The van der Waals surface area contributed by atoms with Gasteiger partial charge in [0.05, 0.1) is 5.92 Å². The summed E-state index contributed by atoms with van der Waals surface area (Å²) >= 11 is 0. The van der Waals surface area contributed by atoms with Gasteiger partial charge in [-0.25, -0.2) is 0 Å². The van der Waals surface area contributed by atoms with Crippen LogP contribution in [0.5, 0.6) is 0 Å². The molecular formula is C11H14N2O. The van der Waals surface area contributed by atoms with E-state index >= 15 is 0 Å². The SMILES string of the molecule is O=C(Nc1ccccc1)[C@H]1CCNC1. The zero-order chi connectivity index (χ0) is 9.80. The Morgan fingerprint density at radius 2 is 2.14 bits per heavy atom. The number of rotatable bonds is 2. The molecule has 0 spiro atoms. The summed E-state index contributed by atoms with van der Waals surface area (Å²) in [4.78, 5) is 11.7. The van der Waals surface area contributed by atoms with E-state index in [1.807, 2.05) is 30.3 Å². The van der Waals surface area contributed by atoms with E-state index < -0.39 is 0 Å². The highest BCUT2D eigenvalue weighted by Crippen LogP contribution is 2.12. The number of benzene rings is 1.